The highest BCUT2D eigenvalue weighted by Crippen LogP contribution is 2.33. The van der Waals surface area contributed by atoms with E-state index >= 15 is 0 Å². The third kappa shape index (κ3) is 5.60. The Morgan fingerprint density at radius 3 is 2.26 bits per heavy atom. The molecule has 2 heterocycles. The molecule has 0 spiro atoms. The highest BCUT2D eigenvalue weighted by atomic mass is 32.2. The molecule has 0 aliphatic carbocycles. The second-order valence-corrected chi connectivity index (χ2v) is 11.3. The molecule has 0 radical (unpaired) electrons. The fourth-order valence-corrected chi connectivity index (χ4v) is 6.24. The number of hydrogen-bond acceptors (Lipinski definition) is 7. The number of hydrogen-bond donors (Lipinski definition) is 1. The van der Waals surface area contributed by atoms with E-state index in [0.29, 0.717) is 53.2 Å². The Morgan fingerprint density at radius 2 is 1.56 bits per heavy atom. The van der Waals surface area contributed by atoms with Gasteiger partial charge in [-0.15, -0.1) is 0 Å². The van der Waals surface area contributed by atoms with Crippen LogP contribution in [0, 0.1) is 0 Å². The van der Waals surface area contributed by atoms with Gasteiger partial charge in [0.15, 0.2) is 11.5 Å². The molecule has 1 saturated heterocycles. The van der Waals surface area contributed by atoms with Gasteiger partial charge in [0, 0.05) is 29.6 Å². The van der Waals surface area contributed by atoms with E-state index in [0.717, 1.165) is 19.3 Å². The summed E-state index contributed by atoms with van der Waals surface area (Å²) in [6.45, 7) is 3.34. The van der Waals surface area contributed by atoms with Crippen molar-refractivity contribution < 1.29 is 27.2 Å². The number of Topliss-reactive ketones (excluding diaryl/α,β-unsaturated/α-hetero) is 1. The number of rotatable bonds is 10. The van der Waals surface area contributed by atoms with Gasteiger partial charge in [-0.05, 0) is 80.4 Å². The number of nitrogens with zero attached hydrogens (tertiary/aromatic N) is 1. The van der Waals surface area contributed by atoms with Crippen molar-refractivity contribution in [1.29, 1.82) is 0 Å². The number of carbonyl (C=O) groups excluding carboxylic acids is 2. The van der Waals surface area contributed by atoms with Gasteiger partial charge >= 0.3 is 0 Å². The molecule has 0 unspecified atom stereocenters. The predicted octanol–water partition coefficient (Wildman–Crippen LogP) is 5.53. The molecule has 0 bridgehead atoms. The van der Waals surface area contributed by atoms with Crippen LogP contribution in [0.15, 0.2) is 82.1 Å². The molecule has 4 aromatic rings. The first-order chi connectivity index (χ1) is 18.9. The molecule has 39 heavy (non-hydrogen) atoms. The lowest BCUT2D eigenvalue weighted by Crippen LogP contribution is -2.35. The van der Waals surface area contributed by atoms with Gasteiger partial charge in [0.25, 0.3) is 0 Å². The number of ketones is 2. The van der Waals surface area contributed by atoms with Crippen molar-refractivity contribution in [3.05, 3.63) is 89.7 Å². The molecule has 9 heteroatoms. The third-order valence-electron chi connectivity index (χ3n) is 6.78. The lowest BCUT2D eigenvalue weighted by molar-refractivity contribution is 0.0997. The molecule has 0 atom stereocenters. The van der Waals surface area contributed by atoms with Crippen molar-refractivity contribution in [2.24, 2.45) is 0 Å². The quantitative estimate of drug-likeness (QED) is 0.261. The summed E-state index contributed by atoms with van der Waals surface area (Å²) in [6.07, 6.45) is 2.74. The van der Waals surface area contributed by atoms with E-state index in [-0.39, 0.29) is 28.8 Å². The van der Waals surface area contributed by atoms with Crippen LogP contribution in [0.1, 0.15) is 52.7 Å². The minimum atomic E-state index is -3.58. The number of piperidine rings is 1. The second-order valence-electron chi connectivity index (χ2n) is 9.35. The van der Waals surface area contributed by atoms with Crippen LogP contribution >= 0.6 is 0 Å². The monoisotopic (exact) mass is 546 g/mol. The molecule has 1 N–H and O–H groups in total. The maximum Gasteiger partial charge on any atom is 0.243 e. The minimum Gasteiger partial charge on any atom is -0.494 e. The van der Waals surface area contributed by atoms with Crippen molar-refractivity contribution in [2.75, 3.05) is 31.6 Å². The summed E-state index contributed by atoms with van der Waals surface area (Å²) < 4.78 is 38.7. The Labute approximate surface area is 227 Å². The van der Waals surface area contributed by atoms with Crippen LogP contribution < -0.4 is 10.1 Å². The molecule has 3 aromatic carbocycles. The zero-order valence-corrected chi connectivity index (χ0v) is 22.5. The van der Waals surface area contributed by atoms with E-state index in [1.165, 1.54) is 28.6 Å². The van der Waals surface area contributed by atoms with Crippen molar-refractivity contribution in [3.63, 3.8) is 0 Å². The zero-order valence-electron chi connectivity index (χ0n) is 21.7. The molecule has 1 aliphatic heterocycles. The minimum absolute atomic E-state index is 0.106. The first-order valence-electron chi connectivity index (χ1n) is 13.0. The van der Waals surface area contributed by atoms with Gasteiger partial charge < -0.3 is 14.5 Å². The van der Waals surface area contributed by atoms with Crippen LogP contribution in [-0.2, 0) is 10.0 Å². The summed E-state index contributed by atoms with van der Waals surface area (Å²) in [7, 11) is -3.58. The predicted molar refractivity (Wildman–Crippen MR) is 149 cm³/mol. The molecule has 1 aromatic heterocycles. The van der Waals surface area contributed by atoms with Crippen LogP contribution in [-0.4, -0.2) is 50.5 Å². The van der Waals surface area contributed by atoms with Crippen LogP contribution in [0.3, 0.4) is 0 Å². The van der Waals surface area contributed by atoms with Crippen LogP contribution in [0.5, 0.6) is 5.75 Å². The number of fused-ring (bicyclic) bond motifs is 1. The average Bonchev–Trinajstić information content (AvgIpc) is 3.35. The van der Waals surface area contributed by atoms with E-state index < -0.39 is 10.0 Å². The summed E-state index contributed by atoms with van der Waals surface area (Å²) in [5.74, 6) is 0.201. The third-order valence-corrected chi connectivity index (χ3v) is 8.70. The molecular weight excluding hydrogens is 516 g/mol. The number of carbonyl (C=O) groups is 2. The molecular formula is C30H30N2O6S. The molecule has 0 saturated carbocycles. The first kappa shape index (κ1) is 26.6. The lowest BCUT2D eigenvalue weighted by atomic mass is 10.1. The second kappa shape index (κ2) is 11.4. The number of furan rings is 1. The number of sulfonamides is 1. The van der Waals surface area contributed by atoms with Gasteiger partial charge in [-0.1, -0.05) is 18.6 Å². The summed E-state index contributed by atoms with van der Waals surface area (Å²) in [4.78, 5) is 26.6. The molecule has 0 amide bonds. The van der Waals surface area contributed by atoms with Crippen LogP contribution in [0.4, 0.5) is 5.69 Å². The number of anilines is 1. The summed E-state index contributed by atoms with van der Waals surface area (Å²) in [5.41, 5.74) is 1.75. The number of para-hydroxylation sites is 1. The normalized spacial score (nSPS) is 14.3. The number of nitrogens with one attached hydrogen (secondary N) is 1. The Kier molecular flexibility index (Phi) is 7.81. The number of benzene rings is 3. The Hall–Kier alpha value is -3.95. The molecule has 1 aliphatic rings. The lowest BCUT2D eigenvalue weighted by Gasteiger charge is -2.25. The topological polar surface area (TPSA) is 106 Å². The molecule has 1 fully saturated rings. The van der Waals surface area contributed by atoms with Crippen molar-refractivity contribution in [1.82, 2.24) is 4.31 Å². The Morgan fingerprint density at radius 1 is 0.897 bits per heavy atom. The average molecular weight is 547 g/mol. The van der Waals surface area contributed by atoms with Gasteiger partial charge in [0.05, 0.1) is 23.7 Å². The maximum absolute atomic E-state index is 13.4. The van der Waals surface area contributed by atoms with Gasteiger partial charge in [-0.25, -0.2) is 8.42 Å². The maximum atomic E-state index is 13.4. The van der Waals surface area contributed by atoms with Crippen molar-refractivity contribution >= 4 is 38.2 Å². The summed E-state index contributed by atoms with van der Waals surface area (Å²) in [6, 6.07) is 20.0. The van der Waals surface area contributed by atoms with Gasteiger partial charge in [-0.3, -0.25) is 9.59 Å². The van der Waals surface area contributed by atoms with Gasteiger partial charge in [-0.2, -0.15) is 4.31 Å². The van der Waals surface area contributed by atoms with E-state index in [1.54, 1.807) is 30.3 Å². The summed E-state index contributed by atoms with van der Waals surface area (Å²) in [5, 5.41) is 3.78. The number of ether oxygens (including phenoxy) is 1. The standard InChI is InChI=1S/C30H30N2O6S/c1-2-37-23-14-10-22(11-15-23)29(34)30-28(25-8-4-5-9-27(25)38-30)31-20-26(33)21-12-16-24(17-13-21)39(35,36)32-18-6-3-7-19-32/h4-5,8-17,31H,2-3,6-7,18-20H2,1H3. The van der Waals surface area contributed by atoms with Gasteiger partial charge in [0.1, 0.15) is 11.3 Å². The van der Waals surface area contributed by atoms with E-state index in [4.69, 9.17) is 9.15 Å². The highest BCUT2D eigenvalue weighted by Gasteiger charge is 2.26. The molecule has 202 valence electrons. The Balaban J connectivity index is 1.34. The van der Waals surface area contributed by atoms with Crippen LogP contribution in [0.25, 0.3) is 11.0 Å². The van der Waals surface area contributed by atoms with E-state index in [9.17, 15) is 18.0 Å². The van der Waals surface area contributed by atoms with Crippen molar-refractivity contribution in [2.45, 2.75) is 31.1 Å². The smallest absolute Gasteiger partial charge is 0.243 e. The van der Waals surface area contributed by atoms with Gasteiger partial charge in [0.2, 0.25) is 15.8 Å². The first-order valence-corrected chi connectivity index (χ1v) is 14.5. The van der Waals surface area contributed by atoms with Crippen LogP contribution in [0.2, 0.25) is 0 Å². The SMILES string of the molecule is CCOc1ccc(C(=O)c2oc3ccccc3c2NCC(=O)c2ccc(S(=O)(=O)N3CCCCC3)cc2)cc1. The fraction of sp³-hybridized carbons (Fsp3) is 0.267. The highest BCUT2D eigenvalue weighted by molar-refractivity contribution is 7.89. The Bertz CT molecular complexity index is 1580. The zero-order chi connectivity index (χ0) is 27.4. The fourth-order valence-electron chi connectivity index (χ4n) is 4.72. The van der Waals surface area contributed by atoms with E-state index in [2.05, 4.69) is 5.32 Å². The molecule has 5 rings (SSSR count). The largest absolute Gasteiger partial charge is 0.494 e. The molecule has 8 nitrogen and oxygen atoms in total. The summed E-state index contributed by atoms with van der Waals surface area (Å²) >= 11 is 0. The van der Waals surface area contributed by atoms with Crippen molar-refractivity contribution in [3.8, 4) is 5.75 Å². The van der Waals surface area contributed by atoms with E-state index in [1.807, 2.05) is 25.1 Å².